The minimum atomic E-state index is -0.920. The van der Waals surface area contributed by atoms with Gasteiger partial charge in [-0.2, -0.15) is 0 Å². The van der Waals surface area contributed by atoms with Crippen LogP contribution in [0.3, 0.4) is 0 Å². The number of rotatable bonds is 12. The van der Waals surface area contributed by atoms with Crippen molar-refractivity contribution >= 4 is 23.6 Å². The summed E-state index contributed by atoms with van der Waals surface area (Å²) in [5.74, 6) is -0.696. The molecule has 0 atom stereocenters. The third kappa shape index (κ3) is 36.1. The van der Waals surface area contributed by atoms with Crippen LogP contribution < -0.4 is 21.7 Å². The van der Waals surface area contributed by atoms with E-state index in [0.717, 1.165) is 38.5 Å². The molecule has 4 N–H and O–H groups in total. The number of unbranched alkanes of at least 4 members (excludes halogenated alkanes) is 8. The number of hydrogen-bond donors (Lipinski definition) is 2. The molecule has 2 aromatic rings. The molecule has 0 saturated carbocycles. The Morgan fingerprint density at radius 3 is 1.20 bits per heavy atom. The fourth-order valence-electron chi connectivity index (χ4n) is 2.50. The van der Waals surface area contributed by atoms with Crippen LogP contribution >= 0.6 is 0 Å². The average Bonchev–Trinajstić information content (AvgIpc) is 2.81. The molecule has 201 valence electrons. The Kier molecular flexibility index (Phi) is 31.0. The first-order valence-corrected chi connectivity index (χ1v) is 12.1. The van der Waals surface area contributed by atoms with Crippen LogP contribution in [0.2, 0.25) is 0 Å². The van der Waals surface area contributed by atoms with Crippen molar-refractivity contribution in [3.63, 3.8) is 0 Å². The summed E-state index contributed by atoms with van der Waals surface area (Å²) in [7, 11) is 0. The Hall–Kier alpha value is -2.64. The number of carbonyl (C=O) groups excluding carboxylic acids is 2. The molecule has 0 aromatic carbocycles. The van der Waals surface area contributed by atoms with Gasteiger partial charge in [0.15, 0.2) is 0 Å². The molecule has 0 aliphatic carbocycles. The number of nitrogens with zero attached hydrogens (tertiary/aromatic N) is 2. The summed E-state index contributed by atoms with van der Waals surface area (Å²) in [5.41, 5.74) is 10.5. The molecule has 0 unspecified atom stereocenters. The Labute approximate surface area is 221 Å². The second kappa shape index (κ2) is 29.4. The van der Waals surface area contributed by atoms with E-state index in [-0.39, 0.29) is 29.9 Å². The van der Waals surface area contributed by atoms with E-state index in [4.69, 9.17) is 11.5 Å². The van der Waals surface area contributed by atoms with Gasteiger partial charge in [-0.3, -0.25) is 0 Å². The molecule has 2 heterocycles. The Morgan fingerprint density at radius 1 is 0.657 bits per heavy atom. The quantitative estimate of drug-likeness (QED) is 0.307. The molecule has 35 heavy (non-hydrogen) atoms. The monoisotopic (exact) mass is 537 g/mol. The molecule has 0 bridgehead atoms. The molecular weight excluding hydrogens is 496 g/mol. The minimum absolute atomic E-state index is 0. The van der Waals surface area contributed by atoms with Crippen LogP contribution in [0.1, 0.15) is 90.9 Å². The Balaban J connectivity index is -0.000000390. The van der Waals surface area contributed by atoms with Crippen LogP contribution in [0.4, 0.5) is 11.6 Å². The molecule has 0 saturated heterocycles. The summed E-state index contributed by atoms with van der Waals surface area (Å²) in [6, 6.07) is 10.9. The van der Waals surface area contributed by atoms with Gasteiger partial charge in [0.25, 0.3) is 0 Å². The average molecular weight is 538 g/mol. The molecule has 0 spiro atoms. The molecule has 0 fully saturated rings. The summed E-state index contributed by atoms with van der Waals surface area (Å²) < 4.78 is 0. The summed E-state index contributed by atoms with van der Waals surface area (Å²) in [6.45, 7) is 4.28. The largest absolute Gasteiger partial charge is 2.00 e. The van der Waals surface area contributed by atoms with Gasteiger partial charge in [0.2, 0.25) is 0 Å². The Morgan fingerprint density at radius 2 is 1.00 bits per heavy atom. The molecule has 2 aromatic heterocycles. The zero-order valence-electron chi connectivity index (χ0n) is 21.1. The zero-order valence-corrected chi connectivity index (χ0v) is 22.0. The fraction of sp³-hybridized carbons (Fsp3) is 0.538. The normalized spacial score (nSPS) is 8.97. The van der Waals surface area contributed by atoms with Crippen molar-refractivity contribution in [3.8, 4) is 0 Å². The summed E-state index contributed by atoms with van der Waals surface area (Å²) >= 11 is 0. The van der Waals surface area contributed by atoms with Crippen LogP contribution in [-0.2, 0) is 26.7 Å². The van der Waals surface area contributed by atoms with E-state index in [1.807, 2.05) is 24.3 Å². The maximum Gasteiger partial charge on any atom is 2.00 e. The number of carboxylic acid groups (broad SMARTS) is 2. The number of aliphatic carboxylic acids is 2. The number of hydrogen-bond acceptors (Lipinski definition) is 8. The van der Waals surface area contributed by atoms with Crippen molar-refractivity contribution in [1.29, 1.82) is 0 Å². The number of aromatic nitrogens is 2. The first-order valence-electron chi connectivity index (χ1n) is 12.1. The third-order valence-corrected chi connectivity index (χ3v) is 4.34. The predicted octanol–water partition coefficient (Wildman–Crippen LogP) is 3.52. The van der Waals surface area contributed by atoms with E-state index in [1.165, 1.54) is 25.7 Å². The van der Waals surface area contributed by atoms with E-state index in [9.17, 15) is 19.8 Å². The maximum absolute atomic E-state index is 9.92. The standard InChI is InChI=1S/2C8H16O2.2C5H6N2.Cu/c2*1-2-3-4-5-6-7-8(9)10;2*6-5-3-1-2-4-7-5;/h2*2-7H2,1H3,(H,9,10);2*1-4H,(H2,6,7);/q;;;;+2/p-2. The number of anilines is 2. The molecule has 0 amide bonds. The maximum atomic E-state index is 9.92. The van der Waals surface area contributed by atoms with E-state index in [0.29, 0.717) is 11.6 Å². The van der Waals surface area contributed by atoms with Crippen LogP contribution in [-0.4, -0.2) is 21.9 Å². The van der Waals surface area contributed by atoms with Crippen molar-refractivity contribution in [2.75, 3.05) is 11.5 Å². The molecule has 8 nitrogen and oxygen atoms in total. The van der Waals surface area contributed by atoms with Crippen LogP contribution in [0.15, 0.2) is 48.8 Å². The van der Waals surface area contributed by atoms with E-state index < -0.39 is 11.9 Å². The van der Waals surface area contributed by atoms with Gasteiger partial charge in [0.1, 0.15) is 11.6 Å². The van der Waals surface area contributed by atoms with Crippen molar-refractivity contribution < 1.29 is 36.9 Å². The predicted molar refractivity (Wildman–Crippen MR) is 134 cm³/mol. The molecule has 1 radical (unpaired) electrons. The second-order valence-corrected chi connectivity index (χ2v) is 7.58. The molecular formula is C26H42CuN4O4. The first-order chi connectivity index (χ1) is 16.3. The summed E-state index contributed by atoms with van der Waals surface area (Å²) in [4.78, 5) is 27.4. The number of carbonyl (C=O) groups is 2. The summed E-state index contributed by atoms with van der Waals surface area (Å²) in [5, 5.41) is 19.8. The molecule has 0 aliphatic rings. The number of nitrogens with two attached hydrogens (primary N) is 2. The van der Waals surface area contributed by atoms with Crippen molar-refractivity contribution in [1.82, 2.24) is 9.97 Å². The van der Waals surface area contributed by atoms with Gasteiger partial charge in [0, 0.05) is 24.3 Å². The fourth-order valence-corrected chi connectivity index (χ4v) is 2.50. The number of nitrogen functional groups attached to an aromatic ring is 2. The first kappa shape index (κ1) is 36.9. The smallest absolute Gasteiger partial charge is 0.550 e. The van der Waals surface area contributed by atoms with Gasteiger partial charge < -0.3 is 31.3 Å². The van der Waals surface area contributed by atoms with Gasteiger partial charge in [-0.05, 0) is 49.9 Å². The minimum Gasteiger partial charge on any atom is -0.550 e. The van der Waals surface area contributed by atoms with Crippen LogP contribution in [0.5, 0.6) is 0 Å². The van der Waals surface area contributed by atoms with Crippen molar-refractivity contribution in [2.45, 2.75) is 90.9 Å². The molecule has 9 heteroatoms. The topological polar surface area (TPSA) is 158 Å². The van der Waals surface area contributed by atoms with E-state index in [2.05, 4.69) is 23.8 Å². The number of pyridine rings is 2. The van der Waals surface area contributed by atoms with Crippen molar-refractivity contribution in [3.05, 3.63) is 48.8 Å². The summed E-state index contributed by atoms with van der Waals surface area (Å²) in [6.07, 6.45) is 14.5. The van der Waals surface area contributed by atoms with E-state index in [1.54, 1.807) is 24.5 Å². The SMILES string of the molecule is CCCCCCCC(=O)[O-].CCCCCCCC(=O)[O-].Nc1ccccn1.Nc1ccccn1.[Cu+2]. The van der Waals surface area contributed by atoms with Gasteiger partial charge in [-0.25, -0.2) is 9.97 Å². The van der Waals surface area contributed by atoms with Crippen LogP contribution in [0, 0.1) is 0 Å². The van der Waals surface area contributed by atoms with Gasteiger partial charge in [-0.1, -0.05) is 77.3 Å². The zero-order chi connectivity index (χ0) is 25.9. The van der Waals surface area contributed by atoms with Gasteiger partial charge >= 0.3 is 17.1 Å². The third-order valence-electron chi connectivity index (χ3n) is 4.34. The van der Waals surface area contributed by atoms with Crippen molar-refractivity contribution in [2.24, 2.45) is 0 Å². The number of carboxylic acids is 2. The second-order valence-electron chi connectivity index (χ2n) is 7.58. The van der Waals surface area contributed by atoms with Crippen LogP contribution in [0.25, 0.3) is 0 Å². The molecule has 2 rings (SSSR count). The van der Waals surface area contributed by atoms with Gasteiger partial charge in [-0.15, -0.1) is 0 Å². The Bertz CT molecular complexity index is 646. The van der Waals surface area contributed by atoms with E-state index >= 15 is 0 Å². The molecule has 0 aliphatic heterocycles. The van der Waals surface area contributed by atoms with Gasteiger partial charge in [0.05, 0.1) is 0 Å².